The van der Waals surface area contributed by atoms with Crippen LogP contribution in [0.2, 0.25) is 0 Å². The number of carbonyl (C=O) groups excluding carboxylic acids is 1. The molecule has 9 nitrogen and oxygen atoms in total. The predicted octanol–water partition coefficient (Wildman–Crippen LogP) is 0.296. The second-order valence-electron chi connectivity index (χ2n) is 6.72. The van der Waals surface area contributed by atoms with Gasteiger partial charge in [0.2, 0.25) is 10.0 Å². The van der Waals surface area contributed by atoms with Gasteiger partial charge in [-0.3, -0.25) is 0 Å². The molecule has 2 rings (SSSR count). The van der Waals surface area contributed by atoms with E-state index in [0.717, 1.165) is 32.1 Å². The van der Waals surface area contributed by atoms with Crippen molar-refractivity contribution in [2.75, 3.05) is 45.6 Å². The fraction of sp³-hybridized carbons (Fsp3) is 0.938. The number of sulfonamides is 1. The fourth-order valence-electron chi connectivity index (χ4n) is 2.52. The zero-order valence-electron chi connectivity index (χ0n) is 16.0. The number of morpholine rings is 1. The molecule has 2 heterocycles. The van der Waals surface area contributed by atoms with Crippen molar-refractivity contribution in [2.45, 2.75) is 51.4 Å². The summed E-state index contributed by atoms with van der Waals surface area (Å²) in [7, 11) is -3.05. The van der Waals surface area contributed by atoms with Gasteiger partial charge in [0.1, 0.15) is 0 Å². The van der Waals surface area contributed by atoms with E-state index in [4.69, 9.17) is 19.9 Å². The summed E-state index contributed by atoms with van der Waals surface area (Å²) in [6, 6.07) is 0. The van der Waals surface area contributed by atoms with Crippen LogP contribution in [0.3, 0.4) is 0 Å². The third kappa shape index (κ3) is 10.3. The number of nitrogens with one attached hydrogen (secondary N) is 1. The number of ether oxygens (including phenoxy) is 3. The molecule has 1 amide bonds. The van der Waals surface area contributed by atoms with Crippen molar-refractivity contribution in [1.29, 1.82) is 0 Å². The lowest BCUT2D eigenvalue weighted by molar-refractivity contribution is -0.0266. The molecule has 0 aliphatic carbocycles. The van der Waals surface area contributed by atoms with E-state index in [0.29, 0.717) is 32.8 Å². The van der Waals surface area contributed by atoms with Gasteiger partial charge in [-0.15, -0.1) is 0 Å². The van der Waals surface area contributed by atoms with Crippen molar-refractivity contribution in [3.8, 4) is 0 Å². The minimum atomic E-state index is -3.05. The lowest BCUT2D eigenvalue weighted by Crippen LogP contribution is -2.48. The summed E-state index contributed by atoms with van der Waals surface area (Å²) in [6.07, 6.45) is 4.02. The molecular formula is C16H33N3O6S. The maximum Gasteiger partial charge on any atom is 0.410 e. The molecule has 0 radical (unpaired) electrons. The third-order valence-electron chi connectivity index (χ3n) is 3.84. The zero-order chi connectivity index (χ0) is 19.6. The molecular weight excluding hydrogens is 362 g/mol. The number of nitrogens with zero attached hydrogens (tertiary/aromatic N) is 1. The quantitative estimate of drug-likeness (QED) is 0.687. The number of hydrogen-bond donors (Lipinski definition) is 2. The van der Waals surface area contributed by atoms with E-state index in [-0.39, 0.29) is 24.4 Å². The second kappa shape index (κ2) is 11.7. The molecule has 2 aliphatic rings. The van der Waals surface area contributed by atoms with Gasteiger partial charge in [-0.1, -0.05) is 0 Å². The fourth-order valence-corrected chi connectivity index (χ4v) is 3.01. The number of nitrogens with two attached hydrogens (primary N) is 1. The molecule has 2 fully saturated rings. The molecule has 10 heteroatoms. The molecule has 0 saturated carbocycles. The van der Waals surface area contributed by atoms with Crippen LogP contribution in [-0.4, -0.2) is 83.4 Å². The zero-order valence-corrected chi connectivity index (χ0v) is 16.8. The molecule has 3 N–H and O–H groups in total. The van der Waals surface area contributed by atoms with Crippen LogP contribution >= 0.6 is 0 Å². The van der Waals surface area contributed by atoms with Gasteiger partial charge >= 0.3 is 6.09 Å². The van der Waals surface area contributed by atoms with Gasteiger partial charge in [-0.25, -0.2) is 17.9 Å². The molecule has 2 aliphatic heterocycles. The molecule has 26 heavy (non-hydrogen) atoms. The first-order chi connectivity index (χ1) is 12.2. The Labute approximate surface area is 156 Å². The lowest BCUT2D eigenvalue weighted by Gasteiger charge is -2.32. The topological polar surface area (TPSA) is 120 Å². The van der Waals surface area contributed by atoms with Crippen LogP contribution in [0.1, 0.15) is 33.1 Å². The molecule has 0 spiro atoms. The van der Waals surface area contributed by atoms with Crippen molar-refractivity contribution in [3.05, 3.63) is 0 Å². The Kier molecular flexibility index (Phi) is 10.4. The number of amides is 1. The maximum atomic E-state index is 11.5. The average molecular weight is 396 g/mol. The van der Waals surface area contributed by atoms with E-state index < -0.39 is 10.0 Å². The first-order valence-corrected chi connectivity index (χ1v) is 10.9. The third-order valence-corrected chi connectivity index (χ3v) is 4.53. The standard InChI is InChI=1S/C9H18N2O3.C7H15NO3S/c1-7(2)14-9(12)11-3-4-13-8(5-10)6-11;1-12(9,10)8-6-7-4-2-3-5-11-7/h7-8H,3-6,10H2,1-2H3;7-8H,2-6H2,1H3/t8-;7-/m10/s1. The Bertz CT molecular complexity index is 508. The summed E-state index contributed by atoms with van der Waals surface area (Å²) in [4.78, 5) is 13.1. The van der Waals surface area contributed by atoms with E-state index >= 15 is 0 Å². The summed E-state index contributed by atoms with van der Waals surface area (Å²) < 4.78 is 39.6. The van der Waals surface area contributed by atoms with Gasteiger partial charge in [0, 0.05) is 26.2 Å². The molecule has 2 saturated heterocycles. The van der Waals surface area contributed by atoms with E-state index in [1.165, 1.54) is 0 Å². The highest BCUT2D eigenvalue weighted by Gasteiger charge is 2.24. The Morgan fingerprint density at radius 2 is 1.96 bits per heavy atom. The first-order valence-electron chi connectivity index (χ1n) is 9.04. The predicted molar refractivity (Wildman–Crippen MR) is 98.4 cm³/mol. The number of rotatable bonds is 5. The Balaban J connectivity index is 0.000000263. The molecule has 0 aromatic rings. The highest BCUT2D eigenvalue weighted by Crippen LogP contribution is 2.11. The molecule has 2 atom stereocenters. The highest BCUT2D eigenvalue weighted by atomic mass is 32.2. The van der Waals surface area contributed by atoms with Gasteiger partial charge in [-0.05, 0) is 33.1 Å². The smallest absolute Gasteiger partial charge is 0.410 e. The lowest BCUT2D eigenvalue weighted by atomic mass is 10.1. The van der Waals surface area contributed by atoms with E-state index in [9.17, 15) is 13.2 Å². The largest absolute Gasteiger partial charge is 0.447 e. The second-order valence-corrected chi connectivity index (χ2v) is 8.55. The van der Waals surface area contributed by atoms with E-state index in [1.54, 1.807) is 4.90 Å². The molecule has 0 aromatic carbocycles. The van der Waals surface area contributed by atoms with Crippen LogP contribution in [0, 0.1) is 0 Å². The van der Waals surface area contributed by atoms with Crippen LogP contribution < -0.4 is 10.5 Å². The van der Waals surface area contributed by atoms with Gasteiger partial charge in [-0.2, -0.15) is 0 Å². The van der Waals surface area contributed by atoms with E-state index in [1.807, 2.05) is 13.8 Å². The van der Waals surface area contributed by atoms with Crippen molar-refractivity contribution >= 4 is 16.1 Å². The van der Waals surface area contributed by atoms with Crippen LogP contribution in [0.25, 0.3) is 0 Å². The van der Waals surface area contributed by atoms with Gasteiger partial charge in [0.25, 0.3) is 0 Å². The Morgan fingerprint density at radius 1 is 1.27 bits per heavy atom. The van der Waals surface area contributed by atoms with Gasteiger partial charge in [0.15, 0.2) is 0 Å². The SMILES string of the molecule is CC(C)OC(=O)N1CCO[C@H](CN)C1.CS(=O)(=O)NC[C@@H]1CCCCO1. The summed E-state index contributed by atoms with van der Waals surface area (Å²) in [5.74, 6) is 0. The first kappa shape index (κ1) is 23.1. The molecule has 0 bridgehead atoms. The van der Waals surface area contributed by atoms with Gasteiger partial charge in [0.05, 0.1) is 37.7 Å². The summed E-state index contributed by atoms with van der Waals surface area (Å²) >= 11 is 0. The highest BCUT2D eigenvalue weighted by molar-refractivity contribution is 7.88. The number of hydrogen-bond acceptors (Lipinski definition) is 7. The minimum Gasteiger partial charge on any atom is -0.447 e. The summed E-state index contributed by atoms with van der Waals surface area (Å²) in [6.45, 7) is 6.93. The Hall–Kier alpha value is -0.940. The number of carbonyl (C=O) groups is 1. The summed E-state index contributed by atoms with van der Waals surface area (Å²) in [5, 5.41) is 0. The average Bonchev–Trinajstić information content (AvgIpc) is 2.60. The van der Waals surface area contributed by atoms with Crippen LogP contribution in [-0.2, 0) is 24.2 Å². The molecule has 0 unspecified atom stereocenters. The molecule has 154 valence electrons. The minimum absolute atomic E-state index is 0.0523. The normalized spacial score (nSPS) is 24.0. The monoisotopic (exact) mass is 395 g/mol. The summed E-state index contributed by atoms with van der Waals surface area (Å²) in [5.41, 5.74) is 5.46. The van der Waals surface area contributed by atoms with Crippen molar-refractivity contribution < 1.29 is 27.4 Å². The molecule has 0 aromatic heterocycles. The van der Waals surface area contributed by atoms with Gasteiger partial charge < -0.3 is 24.8 Å². The van der Waals surface area contributed by atoms with Crippen molar-refractivity contribution in [1.82, 2.24) is 9.62 Å². The van der Waals surface area contributed by atoms with E-state index in [2.05, 4.69) is 4.72 Å². The van der Waals surface area contributed by atoms with Crippen LogP contribution in [0.4, 0.5) is 4.79 Å². The van der Waals surface area contributed by atoms with Crippen LogP contribution in [0.5, 0.6) is 0 Å². The Morgan fingerprint density at radius 3 is 2.50 bits per heavy atom. The van der Waals surface area contributed by atoms with Crippen molar-refractivity contribution in [3.63, 3.8) is 0 Å². The van der Waals surface area contributed by atoms with Crippen LogP contribution in [0.15, 0.2) is 0 Å². The maximum absolute atomic E-state index is 11.5. The van der Waals surface area contributed by atoms with Crippen molar-refractivity contribution in [2.24, 2.45) is 5.73 Å².